The van der Waals surface area contributed by atoms with Crippen LogP contribution in [0.25, 0.3) is 0 Å². The molecule has 0 unspecified atom stereocenters. The predicted octanol–water partition coefficient (Wildman–Crippen LogP) is 3.63. The van der Waals surface area contributed by atoms with Gasteiger partial charge in [0, 0.05) is 0 Å². The maximum Gasteiger partial charge on any atom is 0.190 e. The van der Waals surface area contributed by atoms with Crippen LogP contribution in [-0.2, 0) is 35.0 Å². The van der Waals surface area contributed by atoms with Crippen molar-refractivity contribution in [2.45, 2.75) is 90.4 Å². The van der Waals surface area contributed by atoms with E-state index in [0.29, 0.717) is 25.7 Å². The largest absolute Gasteiger partial charge is 0.493 e. The average molecular weight is 423 g/mol. The first-order chi connectivity index (χ1) is 14.1. The standard InChI is InChI=1S/C23H34O7/c1-14(2)11-25-16-9-7-15(8-10-16)12-24-13-17-18-19(28-22(3,4)27-18)20-21(26-17)30-23(5,6)29-20/h7-10,14,17-21H,11-13H2,1-6H3/t17-,18-,19-,20+,21+/m0/s1. The first kappa shape index (κ1) is 22.0. The SMILES string of the molecule is CC(C)COc1ccc(COC[C@@H]2O[C@@H]3OC(C)(C)O[C@@H]3[C@H]3OC(C)(C)O[C@H]32)cc1. The second-order valence-corrected chi connectivity index (χ2v) is 9.57. The minimum absolute atomic E-state index is 0.258. The van der Waals surface area contributed by atoms with E-state index in [1.165, 1.54) is 0 Å². The molecule has 0 radical (unpaired) electrons. The molecule has 3 heterocycles. The fourth-order valence-corrected chi connectivity index (χ4v) is 4.07. The zero-order valence-electron chi connectivity index (χ0n) is 18.8. The third kappa shape index (κ3) is 4.98. The van der Waals surface area contributed by atoms with E-state index in [0.717, 1.165) is 11.3 Å². The molecule has 3 fully saturated rings. The molecule has 30 heavy (non-hydrogen) atoms. The van der Waals surface area contributed by atoms with E-state index in [9.17, 15) is 0 Å². The Bertz CT molecular complexity index is 715. The highest BCUT2D eigenvalue weighted by molar-refractivity contribution is 5.26. The van der Waals surface area contributed by atoms with Crippen LogP contribution >= 0.6 is 0 Å². The molecule has 0 bridgehead atoms. The van der Waals surface area contributed by atoms with Crippen LogP contribution in [0.15, 0.2) is 24.3 Å². The van der Waals surface area contributed by atoms with Crippen molar-refractivity contribution < 1.29 is 33.2 Å². The lowest BCUT2D eigenvalue weighted by atomic mass is 9.99. The maximum atomic E-state index is 6.17. The van der Waals surface area contributed by atoms with E-state index >= 15 is 0 Å². The monoisotopic (exact) mass is 422 g/mol. The molecule has 0 N–H and O–H groups in total. The Morgan fingerprint density at radius 1 is 0.867 bits per heavy atom. The van der Waals surface area contributed by atoms with Crippen LogP contribution in [0.5, 0.6) is 5.75 Å². The molecule has 3 aliphatic rings. The lowest BCUT2D eigenvalue weighted by Crippen LogP contribution is -2.56. The van der Waals surface area contributed by atoms with Gasteiger partial charge in [0.25, 0.3) is 0 Å². The lowest BCUT2D eigenvalue weighted by molar-refractivity contribution is -0.243. The van der Waals surface area contributed by atoms with Gasteiger partial charge in [0.2, 0.25) is 0 Å². The summed E-state index contributed by atoms with van der Waals surface area (Å²) < 4.78 is 42.1. The number of benzene rings is 1. The van der Waals surface area contributed by atoms with Crippen LogP contribution in [0.1, 0.15) is 47.1 Å². The minimum atomic E-state index is -0.717. The van der Waals surface area contributed by atoms with E-state index in [1.807, 2.05) is 52.0 Å². The predicted molar refractivity (Wildman–Crippen MR) is 109 cm³/mol. The van der Waals surface area contributed by atoms with Crippen LogP contribution in [0.3, 0.4) is 0 Å². The molecular weight excluding hydrogens is 388 g/mol. The van der Waals surface area contributed by atoms with Crippen molar-refractivity contribution in [2.24, 2.45) is 5.92 Å². The third-order valence-corrected chi connectivity index (χ3v) is 5.31. The van der Waals surface area contributed by atoms with Crippen LogP contribution in [0, 0.1) is 5.92 Å². The molecule has 1 aromatic rings. The fourth-order valence-electron chi connectivity index (χ4n) is 4.07. The van der Waals surface area contributed by atoms with Crippen molar-refractivity contribution in [1.29, 1.82) is 0 Å². The van der Waals surface area contributed by atoms with E-state index in [2.05, 4.69) is 13.8 Å². The second-order valence-electron chi connectivity index (χ2n) is 9.57. The summed E-state index contributed by atoms with van der Waals surface area (Å²) in [7, 11) is 0. The highest BCUT2D eigenvalue weighted by atomic mass is 16.9. The number of ether oxygens (including phenoxy) is 7. The molecule has 1 aromatic carbocycles. The molecule has 168 valence electrons. The molecule has 3 aliphatic heterocycles. The van der Waals surface area contributed by atoms with Crippen molar-refractivity contribution >= 4 is 0 Å². The molecule has 7 heteroatoms. The Balaban J connectivity index is 1.34. The molecule has 0 saturated carbocycles. The molecule has 7 nitrogen and oxygen atoms in total. The third-order valence-electron chi connectivity index (χ3n) is 5.31. The quantitative estimate of drug-likeness (QED) is 0.665. The minimum Gasteiger partial charge on any atom is -0.493 e. The topological polar surface area (TPSA) is 64.6 Å². The summed E-state index contributed by atoms with van der Waals surface area (Å²) in [5, 5.41) is 0. The molecule has 4 rings (SSSR count). The van der Waals surface area contributed by atoms with E-state index in [4.69, 9.17) is 33.2 Å². The van der Waals surface area contributed by atoms with Crippen LogP contribution in [-0.4, -0.2) is 55.5 Å². The van der Waals surface area contributed by atoms with Gasteiger partial charge in [-0.25, -0.2) is 0 Å². The average Bonchev–Trinajstić information content (AvgIpc) is 3.15. The summed E-state index contributed by atoms with van der Waals surface area (Å²) in [6, 6.07) is 7.98. The van der Waals surface area contributed by atoms with Crippen LogP contribution in [0.2, 0.25) is 0 Å². The van der Waals surface area contributed by atoms with Crippen LogP contribution < -0.4 is 4.74 Å². The Kier molecular flexibility index (Phi) is 6.14. The first-order valence-corrected chi connectivity index (χ1v) is 10.8. The van der Waals surface area contributed by atoms with Gasteiger partial charge in [0.1, 0.15) is 30.2 Å². The normalized spacial score (nSPS) is 34.0. The second kappa shape index (κ2) is 8.37. The Hall–Kier alpha value is -1.22. The van der Waals surface area contributed by atoms with E-state index in [-0.39, 0.29) is 24.4 Å². The van der Waals surface area contributed by atoms with Gasteiger partial charge < -0.3 is 33.2 Å². The molecule has 0 aliphatic carbocycles. The molecule has 0 aromatic heterocycles. The lowest BCUT2D eigenvalue weighted by Gasteiger charge is -2.37. The molecule has 0 amide bonds. The molecular formula is C23H34O7. The van der Waals surface area contributed by atoms with Gasteiger partial charge in [0.15, 0.2) is 17.9 Å². The van der Waals surface area contributed by atoms with E-state index in [1.54, 1.807) is 0 Å². The fraction of sp³-hybridized carbons (Fsp3) is 0.739. The summed E-state index contributed by atoms with van der Waals surface area (Å²) in [6.07, 6.45) is -1.65. The maximum absolute atomic E-state index is 6.17. The van der Waals surface area contributed by atoms with Crippen molar-refractivity contribution in [3.63, 3.8) is 0 Å². The number of hydrogen-bond acceptors (Lipinski definition) is 7. The van der Waals surface area contributed by atoms with Crippen molar-refractivity contribution in [1.82, 2.24) is 0 Å². The first-order valence-electron chi connectivity index (χ1n) is 10.8. The Labute approximate surface area is 178 Å². The zero-order chi connectivity index (χ0) is 21.5. The van der Waals surface area contributed by atoms with Gasteiger partial charge in [-0.15, -0.1) is 0 Å². The number of fused-ring (bicyclic) bond motifs is 3. The van der Waals surface area contributed by atoms with Gasteiger partial charge in [-0.1, -0.05) is 26.0 Å². The summed E-state index contributed by atoms with van der Waals surface area (Å²) in [4.78, 5) is 0. The van der Waals surface area contributed by atoms with Gasteiger partial charge in [-0.3, -0.25) is 0 Å². The summed E-state index contributed by atoms with van der Waals surface area (Å²) in [5.74, 6) is -0.0473. The van der Waals surface area contributed by atoms with Crippen molar-refractivity contribution in [3.8, 4) is 5.75 Å². The number of rotatable bonds is 7. The molecule has 0 spiro atoms. The van der Waals surface area contributed by atoms with Crippen LogP contribution in [0.4, 0.5) is 0 Å². The Morgan fingerprint density at radius 2 is 1.50 bits per heavy atom. The highest BCUT2D eigenvalue weighted by Crippen LogP contribution is 2.44. The number of hydrogen-bond donors (Lipinski definition) is 0. The highest BCUT2D eigenvalue weighted by Gasteiger charge is 2.60. The van der Waals surface area contributed by atoms with Gasteiger partial charge in [-0.05, 0) is 51.3 Å². The van der Waals surface area contributed by atoms with Crippen molar-refractivity contribution in [2.75, 3.05) is 13.2 Å². The molecule has 5 atom stereocenters. The summed E-state index contributed by atoms with van der Waals surface area (Å²) >= 11 is 0. The smallest absolute Gasteiger partial charge is 0.190 e. The summed E-state index contributed by atoms with van der Waals surface area (Å²) in [5.41, 5.74) is 1.07. The van der Waals surface area contributed by atoms with E-state index < -0.39 is 17.9 Å². The van der Waals surface area contributed by atoms with Gasteiger partial charge >= 0.3 is 0 Å². The van der Waals surface area contributed by atoms with Crippen molar-refractivity contribution in [3.05, 3.63) is 29.8 Å². The Morgan fingerprint density at radius 3 is 2.20 bits per heavy atom. The van der Waals surface area contributed by atoms with Gasteiger partial charge in [0.05, 0.1) is 19.8 Å². The zero-order valence-corrected chi connectivity index (χ0v) is 18.8. The van der Waals surface area contributed by atoms with Gasteiger partial charge in [-0.2, -0.15) is 0 Å². The summed E-state index contributed by atoms with van der Waals surface area (Å²) in [6.45, 7) is 13.4. The molecule has 3 saturated heterocycles.